The van der Waals surface area contributed by atoms with Crippen molar-refractivity contribution in [3.8, 4) is 5.75 Å². The summed E-state index contributed by atoms with van der Waals surface area (Å²) in [7, 11) is 0. The van der Waals surface area contributed by atoms with E-state index in [4.69, 9.17) is 4.74 Å². The van der Waals surface area contributed by atoms with Gasteiger partial charge in [-0.15, -0.1) is 0 Å². The summed E-state index contributed by atoms with van der Waals surface area (Å²) in [5.74, 6) is 1.12. The molecule has 1 saturated heterocycles. The van der Waals surface area contributed by atoms with E-state index in [1.807, 2.05) is 0 Å². The van der Waals surface area contributed by atoms with Gasteiger partial charge >= 0.3 is 0 Å². The van der Waals surface area contributed by atoms with Gasteiger partial charge in [-0.25, -0.2) is 0 Å². The van der Waals surface area contributed by atoms with Crippen molar-refractivity contribution >= 4 is 0 Å². The van der Waals surface area contributed by atoms with Gasteiger partial charge in [-0.3, -0.25) is 0 Å². The fraction of sp³-hybridized carbons (Fsp3) is 0.647. The van der Waals surface area contributed by atoms with Crippen LogP contribution in [0.2, 0.25) is 0 Å². The average Bonchev–Trinajstić information content (AvgIpc) is 2.45. The first kappa shape index (κ1) is 15.3. The molecule has 0 atom stereocenters. The minimum atomic E-state index is 0.810. The molecule has 1 heterocycles. The number of ether oxygens (including phenoxy) is 1. The Hall–Kier alpha value is -1.06. The Morgan fingerprint density at radius 2 is 1.95 bits per heavy atom. The number of piperazine rings is 1. The second-order valence-corrected chi connectivity index (χ2v) is 5.76. The maximum atomic E-state index is 5.98. The largest absolute Gasteiger partial charge is 0.493 e. The Labute approximate surface area is 123 Å². The van der Waals surface area contributed by atoms with Crippen LogP contribution in [0.25, 0.3) is 0 Å². The molecule has 0 spiro atoms. The Balaban J connectivity index is 2.03. The zero-order valence-corrected chi connectivity index (χ0v) is 13.2. The topological polar surface area (TPSA) is 24.5 Å². The molecule has 1 aliphatic rings. The van der Waals surface area contributed by atoms with Gasteiger partial charge in [-0.2, -0.15) is 0 Å². The van der Waals surface area contributed by atoms with Crippen molar-refractivity contribution in [2.45, 2.75) is 33.6 Å². The van der Waals surface area contributed by atoms with Crippen LogP contribution in [-0.2, 0) is 6.42 Å². The maximum Gasteiger partial charge on any atom is 0.125 e. The molecule has 0 radical (unpaired) electrons. The summed E-state index contributed by atoms with van der Waals surface area (Å²) in [5, 5.41) is 3.40. The first-order valence-corrected chi connectivity index (χ1v) is 7.86. The number of nitrogens with zero attached hydrogens (tertiary/aromatic N) is 1. The summed E-state index contributed by atoms with van der Waals surface area (Å²) in [6.45, 7) is 13.0. The summed E-state index contributed by atoms with van der Waals surface area (Å²) in [6, 6.07) is 4.51. The Morgan fingerprint density at radius 3 is 2.65 bits per heavy atom. The summed E-state index contributed by atoms with van der Waals surface area (Å²) >= 11 is 0. The predicted molar refractivity (Wildman–Crippen MR) is 84.7 cm³/mol. The van der Waals surface area contributed by atoms with Gasteiger partial charge in [0.05, 0.1) is 6.61 Å². The second-order valence-electron chi connectivity index (χ2n) is 5.76. The van der Waals surface area contributed by atoms with Gasteiger partial charge in [0.2, 0.25) is 0 Å². The zero-order chi connectivity index (χ0) is 14.4. The molecule has 1 aromatic carbocycles. The lowest BCUT2D eigenvalue weighted by Gasteiger charge is -2.27. The van der Waals surface area contributed by atoms with E-state index in [0.29, 0.717) is 0 Å². The molecule has 112 valence electrons. The van der Waals surface area contributed by atoms with Gasteiger partial charge in [-0.1, -0.05) is 24.6 Å². The van der Waals surface area contributed by atoms with E-state index in [1.54, 1.807) is 0 Å². The molecule has 1 fully saturated rings. The molecule has 0 bridgehead atoms. The molecule has 0 aliphatic carbocycles. The lowest BCUT2D eigenvalue weighted by Crippen LogP contribution is -2.44. The number of nitrogens with one attached hydrogen (secondary N) is 1. The second kappa shape index (κ2) is 7.65. The van der Waals surface area contributed by atoms with E-state index in [2.05, 4.69) is 43.1 Å². The highest BCUT2D eigenvalue weighted by Gasteiger charge is 2.13. The Bertz CT molecular complexity index is 425. The van der Waals surface area contributed by atoms with Crippen molar-refractivity contribution in [2.75, 3.05) is 39.3 Å². The van der Waals surface area contributed by atoms with Gasteiger partial charge in [0.25, 0.3) is 0 Å². The van der Waals surface area contributed by atoms with Crippen LogP contribution in [0.5, 0.6) is 5.75 Å². The number of rotatable bonds is 6. The number of aryl methyl sites for hydroxylation is 2. The van der Waals surface area contributed by atoms with Crippen LogP contribution in [0, 0.1) is 13.8 Å². The van der Waals surface area contributed by atoms with Crippen LogP contribution in [0.3, 0.4) is 0 Å². The van der Waals surface area contributed by atoms with Gasteiger partial charge in [0, 0.05) is 32.7 Å². The molecular weight excluding hydrogens is 248 g/mol. The van der Waals surface area contributed by atoms with Crippen LogP contribution < -0.4 is 10.1 Å². The van der Waals surface area contributed by atoms with Gasteiger partial charge < -0.3 is 15.0 Å². The summed E-state index contributed by atoms with van der Waals surface area (Å²) in [4.78, 5) is 2.54. The van der Waals surface area contributed by atoms with E-state index in [0.717, 1.165) is 57.9 Å². The number of benzene rings is 1. The zero-order valence-electron chi connectivity index (χ0n) is 13.2. The predicted octanol–water partition coefficient (Wildman–Crippen LogP) is 2.54. The number of hydrogen-bond donors (Lipinski definition) is 1. The average molecular weight is 276 g/mol. The third kappa shape index (κ3) is 4.22. The third-order valence-corrected chi connectivity index (χ3v) is 3.85. The van der Waals surface area contributed by atoms with Gasteiger partial charge in [0.15, 0.2) is 0 Å². The molecular formula is C17H28N2O. The van der Waals surface area contributed by atoms with E-state index in [9.17, 15) is 0 Å². The van der Waals surface area contributed by atoms with E-state index in [1.165, 1.54) is 16.7 Å². The van der Waals surface area contributed by atoms with Crippen LogP contribution in [0.1, 0.15) is 30.0 Å². The highest BCUT2D eigenvalue weighted by molar-refractivity contribution is 5.44. The van der Waals surface area contributed by atoms with Crippen LogP contribution in [0.4, 0.5) is 0 Å². The minimum Gasteiger partial charge on any atom is -0.493 e. The molecule has 0 amide bonds. The van der Waals surface area contributed by atoms with Crippen LogP contribution in [-0.4, -0.2) is 44.2 Å². The number of hydrogen-bond acceptors (Lipinski definition) is 3. The lowest BCUT2D eigenvalue weighted by atomic mass is 10.0. The van der Waals surface area contributed by atoms with Crippen LogP contribution in [0.15, 0.2) is 12.1 Å². The van der Waals surface area contributed by atoms with Crippen molar-refractivity contribution < 1.29 is 4.74 Å². The minimum absolute atomic E-state index is 0.810. The summed E-state index contributed by atoms with van der Waals surface area (Å²) < 4.78 is 5.98. The van der Waals surface area contributed by atoms with E-state index < -0.39 is 0 Å². The SMILES string of the molecule is CCCOc1c(C)cc(C)cc1CCN1CCNCC1. The van der Waals surface area contributed by atoms with Crippen molar-refractivity contribution in [3.05, 3.63) is 28.8 Å². The fourth-order valence-corrected chi connectivity index (χ4v) is 2.85. The molecule has 1 aromatic rings. The van der Waals surface area contributed by atoms with Crippen molar-refractivity contribution in [1.82, 2.24) is 10.2 Å². The van der Waals surface area contributed by atoms with E-state index >= 15 is 0 Å². The summed E-state index contributed by atoms with van der Waals surface area (Å²) in [6.07, 6.45) is 2.14. The highest BCUT2D eigenvalue weighted by atomic mass is 16.5. The fourth-order valence-electron chi connectivity index (χ4n) is 2.85. The van der Waals surface area contributed by atoms with Crippen molar-refractivity contribution in [2.24, 2.45) is 0 Å². The normalized spacial score (nSPS) is 16.4. The van der Waals surface area contributed by atoms with Crippen LogP contribution >= 0.6 is 0 Å². The molecule has 20 heavy (non-hydrogen) atoms. The smallest absolute Gasteiger partial charge is 0.125 e. The molecule has 0 saturated carbocycles. The van der Waals surface area contributed by atoms with Crippen molar-refractivity contribution in [3.63, 3.8) is 0 Å². The first-order chi connectivity index (χ1) is 9.70. The molecule has 1 N–H and O–H groups in total. The first-order valence-electron chi connectivity index (χ1n) is 7.86. The van der Waals surface area contributed by atoms with Crippen molar-refractivity contribution in [1.29, 1.82) is 0 Å². The summed E-state index contributed by atoms with van der Waals surface area (Å²) in [5.41, 5.74) is 3.98. The standard InChI is InChI=1S/C17H28N2O/c1-4-11-20-17-15(3)12-14(2)13-16(17)5-8-19-9-6-18-7-10-19/h12-13,18H,4-11H2,1-3H3. The van der Waals surface area contributed by atoms with Gasteiger partial charge in [0.1, 0.15) is 5.75 Å². The molecule has 0 aromatic heterocycles. The molecule has 3 nitrogen and oxygen atoms in total. The lowest BCUT2D eigenvalue weighted by molar-refractivity contribution is 0.242. The monoisotopic (exact) mass is 276 g/mol. The van der Waals surface area contributed by atoms with Gasteiger partial charge in [-0.05, 0) is 37.8 Å². The third-order valence-electron chi connectivity index (χ3n) is 3.85. The molecule has 2 rings (SSSR count). The molecule has 1 aliphatic heterocycles. The van der Waals surface area contributed by atoms with E-state index in [-0.39, 0.29) is 0 Å². The molecule has 3 heteroatoms. The highest BCUT2D eigenvalue weighted by Crippen LogP contribution is 2.26. The maximum absolute atomic E-state index is 5.98. The molecule has 0 unspecified atom stereocenters. The quantitative estimate of drug-likeness (QED) is 0.864. The Morgan fingerprint density at radius 1 is 1.20 bits per heavy atom. The Kier molecular flexibility index (Phi) is 5.86.